The summed E-state index contributed by atoms with van der Waals surface area (Å²) in [7, 11) is 0. The van der Waals surface area contributed by atoms with Gasteiger partial charge in [0.05, 0.1) is 11.6 Å². The second-order valence-corrected chi connectivity index (χ2v) is 7.06. The zero-order chi connectivity index (χ0) is 16.9. The van der Waals surface area contributed by atoms with Gasteiger partial charge in [0.1, 0.15) is 0 Å². The minimum absolute atomic E-state index is 0.0666. The first-order valence-electron chi connectivity index (χ1n) is 8.03. The highest BCUT2D eigenvalue weighted by Gasteiger charge is 2.30. The summed E-state index contributed by atoms with van der Waals surface area (Å²) in [5.41, 5.74) is 1.57. The molecule has 1 aliphatic heterocycles. The number of amides is 1. The summed E-state index contributed by atoms with van der Waals surface area (Å²) in [6.07, 6.45) is 1.29. The van der Waals surface area contributed by atoms with Crippen LogP contribution in [-0.2, 0) is 16.0 Å². The molecule has 1 aromatic heterocycles. The standard InChI is InChI=1S/C18H20N2O3S/c1-13-19-16(12-24-13)18(22)23-11-15-9-17(21)20(10-15)8-7-14-5-3-2-4-6-14/h2-6,12,15H,7-11H2,1H3. The van der Waals surface area contributed by atoms with Crippen molar-refractivity contribution >= 4 is 23.2 Å². The summed E-state index contributed by atoms with van der Waals surface area (Å²) in [6.45, 7) is 3.47. The summed E-state index contributed by atoms with van der Waals surface area (Å²) in [5, 5.41) is 2.54. The van der Waals surface area contributed by atoms with Crippen LogP contribution in [0, 0.1) is 12.8 Å². The van der Waals surface area contributed by atoms with Crippen LogP contribution in [0.1, 0.15) is 27.5 Å². The third-order valence-corrected chi connectivity index (χ3v) is 4.86. The lowest BCUT2D eigenvalue weighted by atomic mass is 10.1. The summed E-state index contributed by atoms with van der Waals surface area (Å²) in [6, 6.07) is 10.1. The monoisotopic (exact) mass is 344 g/mol. The fourth-order valence-electron chi connectivity index (χ4n) is 2.82. The van der Waals surface area contributed by atoms with E-state index >= 15 is 0 Å². The van der Waals surface area contributed by atoms with Gasteiger partial charge in [-0.3, -0.25) is 4.79 Å². The number of esters is 1. The van der Waals surface area contributed by atoms with Gasteiger partial charge < -0.3 is 9.64 Å². The van der Waals surface area contributed by atoms with E-state index in [9.17, 15) is 9.59 Å². The molecular formula is C18H20N2O3S. The normalized spacial score (nSPS) is 17.3. The minimum atomic E-state index is -0.408. The lowest BCUT2D eigenvalue weighted by Gasteiger charge is -2.16. The molecule has 1 aliphatic rings. The number of carbonyl (C=O) groups is 2. The van der Waals surface area contributed by atoms with Crippen LogP contribution in [0.2, 0.25) is 0 Å². The number of hydrogen-bond acceptors (Lipinski definition) is 5. The van der Waals surface area contributed by atoms with Crippen LogP contribution in [0.3, 0.4) is 0 Å². The van der Waals surface area contributed by atoms with E-state index in [1.807, 2.05) is 30.0 Å². The van der Waals surface area contributed by atoms with Gasteiger partial charge >= 0.3 is 5.97 Å². The van der Waals surface area contributed by atoms with E-state index in [0.717, 1.165) is 11.4 Å². The number of likely N-dealkylation sites (tertiary alicyclic amines) is 1. The smallest absolute Gasteiger partial charge is 0.357 e. The number of hydrogen-bond donors (Lipinski definition) is 0. The molecule has 1 atom stereocenters. The zero-order valence-corrected chi connectivity index (χ0v) is 14.4. The number of nitrogens with zero attached hydrogens (tertiary/aromatic N) is 2. The summed E-state index contributed by atoms with van der Waals surface area (Å²) < 4.78 is 5.31. The van der Waals surface area contributed by atoms with Crippen molar-refractivity contribution in [2.75, 3.05) is 19.7 Å². The predicted molar refractivity (Wildman–Crippen MR) is 92.0 cm³/mol. The van der Waals surface area contributed by atoms with Crippen LogP contribution < -0.4 is 0 Å². The van der Waals surface area contributed by atoms with E-state index in [1.165, 1.54) is 16.9 Å². The molecule has 1 amide bonds. The lowest BCUT2D eigenvalue weighted by Crippen LogP contribution is -2.28. The quantitative estimate of drug-likeness (QED) is 0.756. The first-order chi connectivity index (χ1) is 11.6. The molecule has 1 unspecified atom stereocenters. The molecule has 2 aromatic rings. The Morgan fingerprint density at radius 3 is 2.88 bits per heavy atom. The van der Waals surface area contributed by atoms with Gasteiger partial charge in [-0.15, -0.1) is 11.3 Å². The molecule has 126 valence electrons. The second kappa shape index (κ2) is 7.57. The van der Waals surface area contributed by atoms with Crippen molar-refractivity contribution in [3.05, 3.63) is 52.0 Å². The molecule has 0 spiro atoms. The van der Waals surface area contributed by atoms with Crippen LogP contribution >= 0.6 is 11.3 Å². The van der Waals surface area contributed by atoms with Gasteiger partial charge in [0, 0.05) is 30.8 Å². The van der Waals surface area contributed by atoms with E-state index in [-0.39, 0.29) is 18.4 Å². The van der Waals surface area contributed by atoms with Crippen molar-refractivity contribution in [2.45, 2.75) is 19.8 Å². The Morgan fingerprint density at radius 2 is 2.17 bits per heavy atom. The molecule has 0 bridgehead atoms. The van der Waals surface area contributed by atoms with Gasteiger partial charge in [-0.05, 0) is 18.9 Å². The van der Waals surface area contributed by atoms with E-state index < -0.39 is 5.97 Å². The maximum Gasteiger partial charge on any atom is 0.357 e. The number of ether oxygens (including phenoxy) is 1. The van der Waals surface area contributed by atoms with E-state index in [0.29, 0.717) is 25.2 Å². The highest BCUT2D eigenvalue weighted by molar-refractivity contribution is 7.09. The number of carbonyl (C=O) groups excluding carboxylic acids is 2. The molecule has 24 heavy (non-hydrogen) atoms. The number of aryl methyl sites for hydroxylation is 1. The fraction of sp³-hybridized carbons (Fsp3) is 0.389. The Bertz CT molecular complexity index is 714. The van der Waals surface area contributed by atoms with Gasteiger partial charge in [0.15, 0.2) is 5.69 Å². The van der Waals surface area contributed by atoms with Crippen LogP contribution in [0.4, 0.5) is 0 Å². The molecule has 2 heterocycles. The molecular weight excluding hydrogens is 324 g/mol. The summed E-state index contributed by atoms with van der Waals surface area (Å²) >= 11 is 1.42. The number of rotatable bonds is 6. The van der Waals surface area contributed by atoms with Crippen molar-refractivity contribution < 1.29 is 14.3 Å². The van der Waals surface area contributed by atoms with Crippen LogP contribution in [0.15, 0.2) is 35.7 Å². The molecule has 0 saturated carbocycles. The Morgan fingerprint density at radius 1 is 1.38 bits per heavy atom. The van der Waals surface area contributed by atoms with E-state index in [2.05, 4.69) is 17.1 Å². The maximum absolute atomic E-state index is 12.1. The molecule has 3 rings (SSSR count). The molecule has 1 fully saturated rings. The van der Waals surface area contributed by atoms with Crippen molar-refractivity contribution in [1.82, 2.24) is 9.88 Å². The molecule has 0 radical (unpaired) electrons. The Hall–Kier alpha value is -2.21. The van der Waals surface area contributed by atoms with Crippen molar-refractivity contribution in [3.63, 3.8) is 0 Å². The SMILES string of the molecule is Cc1nc(C(=O)OCC2CC(=O)N(CCc3ccccc3)C2)cs1. The van der Waals surface area contributed by atoms with Gasteiger partial charge in [-0.25, -0.2) is 9.78 Å². The van der Waals surface area contributed by atoms with E-state index in [1.54, 1.807) is 5.38 Å². The Balaban J connectivity index is 1.45. The first kappa shape index (κ1) is 16.6. The first-order valence-corrected chi connectivity index (χ1v) is 8.91. The summed E-state index contributed by atoms with van der Waals surface area (Å²) in [5.74, 6) is -0.206. The topological polar surface area (TPSA) is 59.5 Å². The van der Waals surface area contributed by atoms with Gasteiger partial charge in [0.2, 0.25) is 5.91 Å². The van der Waals surface area contributed by atoms with Gasteiger partial charge in [-0.2, -0.15) is 0 Å². The highest BCUT2D eigenvalue weighted by Crippen LogP contribution is 2.19. The number of benzene rings is 1. The maximum atomic E-state index is 12.1. The zero-order valence-electron chi connectivity index (χ0n) is 13.6. The lowest BCUT2D eigenvalue weighted by molar-refractivity contribution is -0.127. The minimum Gasteiger partial charge on any atom is -0.461 e. The highest BCUT2D eigenvalue weighted by atomic mass is 32.1. The average Bonchev–Trinajstić information content (AvgIpc) is 3.17. The van der Waals surface area contributed by atoms with Crippen LogP contribution in [-0.4, -0.2) is 41.5 Å². The van der Waals surface area contributed by atoms with Crippen molar-refractivity contribution in [1.29, 1.82) is 0 Å². The largest absolute Gasteiger partial charge is 0.461 e. The Kier molecular flexibility index (Phi) is 5.25. The molecule has 1 saturated heterocycles. The van der Waals surface area contributed by atoms with Crippen LogP contribution in [0.25, 0.3) is 0 Å². The third kappa shape index (κ3) is 4.20. The average molecular weight is 344 g/mol. The molecule has 1 aromatic carbocycles. The molecule has 0 N–H and O–H groups in total. The van der Waals surface area contributed by atoms with Gasteiger partial charge in [-0.1, -0.05) is 30.3 Å². The van der Waals surface area contributed by atoms with E-state index in [4.69, 9.17) is 4.74 Å². The molecule has 0 aliphatic carbocycles. The van der Waals surface area contributed by atoms with Crippen molar-refractivity contribution in [3.8, 4) is 0 Å². The van der Waals surface area contributed by atoms with Crippen molar-refractivity contribution in [2.24, 2.45) is 5.92 Å². The fourth-order valence-corrected chi connectivity index (χ4v) is 3.40. The third-order valence-electron chi connectivity index (χ3n) is 4.09. The number of aromatic nitrogens is 1. The Labute approximate surface area is 145 Å². The predicted octanol–water partition coefficient (Wildman–Crippen LogP) is 2.70. The molecule has 6 heteroatoms. The summed E-state index contributed by atoms with van der Waals surface area (Å²) in [4.78, 5) is 30.0. The second-order valence-electron chi connectivity index (χ2n) is 6.00. The van der Waals surface area contributed by atoms with Crippen LogP contribution in [0.5, 0.6) is 0 Å². The number of thiazole rings is 1. The van der Waals surface area contributed by atoms with Gasteiger partial charge in [0.25, 0.3) is 0 Å². The molecule has 5 nitrogen and oxygen atoms in total.